The number of aromatic nitrogens is 2. The SMILES string of the molecule is CC(C)(C)c1cc(NC(=O)c2cccc(C(F)(F)F)c2)n(-c2ccc(C#N)cc2)n1. The third kappa shape index (κ3) is 4.51. The number of hydrogen-bond donors (Lipinski definition) is 1. The van der Waals surface area contributed by atoms with Gasteiger partial charge in [-0.05, 0) is 42.5 Å². The lowest BCUT2D eigenvalue weighted by molar-refractivity contribution is -0.137. The highest BCUT2D eigenvalue weighted by Crippen LogP contribution is 2.30. The molecule has 0 aliphatic rings. The average Bonchev–Trinajstić information content (AvgIpc) is 3.11. The van der Waals surface area contributed by atoms with Gasteiger partial charge in [0, 0.05) is 17.0 Å². The van der Waals surface area contributed by atoms with E-state index in [9.17, 15) is 18.0 Å². The number of carbonyl (C=O) groups excluding carboxylic acids is 1. The first-order chi connectivity index (χ1) is 14.0. The number of hydrogen-bond acceptors (Lipinski definition) is 3. The summed E-state index contributed by atoms with van der Waals surface area (Å²) in [6.07, 6.45) is -4.54. The summed E-state index contributed by atoms with van der Waals surface area (Å²) in [6.45, 7) is 5.87. The molecule has 0 atom stereocenters. The van der Waals surface area contributed by atoms with Gasteiger partial charge in [0.2, 0.25) is 0 Å². The van der Waals surface area contributed by atoms with Crippen molar-refractivity contribution in [1.82, 2.24) is 9.78 Å². The summed E-state index contributed by atoms with van der Waals surface area (Å²) in [4.78, 5) is 12.7. The maximum absolute atomic E-state index is 13.0. The smallest absolute Gasteiger partial charge is 0.306 e. The van der Waals surface area contributed by atoms with Crippen molar-refractivity contribution < 1.29 is 18.0 Å². The summed E-state index contributed by atoms with van der Waals surface area (Å²) in [7, 11) is 0. The first-order valence-corrected chi connectivity index (χ1v) is 9.09. The van der Waals surface area contributed by atoms with Crippen molar-refractivity contribution in [3.05, 3.63) is 77.0 Å². The molecule has 0 bridgehead atoms. The predicted molar refractivity (Wildman–Crippen MR) is 106 cm³/mol. The van der Waals surface area contributed by atoms with E-state index >= 15 is 0 Å². The number of nitrogens with zero attached hydrogens (tertiary/aromatic N) is 3. The summed E-state index contributed by atoms with van der Waals surface area (Å²) in [6, 6.07) is 14.5. The molecule has 0 aliphatic heterocycles. The van der Waals surface area contributed by atoms with Crippen LogP contribution in [-0.4, -0.2) is 15.7 Å². The van der Waals surface area contributed by atoms with Gasteiger partial charge in [-0.25, -0.2) is 4.68 Å². The Kier molecular flexibility index (Phi) is 5.40. The zero-order chi connectivity index (χ0) is 22.1. The highest BCUT2D eigenvalue weighted by molar-refractivity contribution is 6.04. The van der Waals surface area contributed by atoms with Crippen LogP contribution in [0.2, 0.25) is 0 Å². The van der Waals surface area contributed by atoms with Gasteiger partial charge in [0.15, 0.2) is 0 Å². The molecule has 2 aromatic carbocycles. The molecule has 1 heterocycles. The second kappa shape index (κ2) is 7.67. The van der Waals surface area contributed by atoms with Crippen molar-refractivity contribution in [2.45, 2.75) is 32.4 Å². The number of rotatable bonds is 3. The van der Waals surface area contributed by atoms with Crippen LogP contribution in [0.4, 0.5) is 19.0 Å². The number of nitriles is 1. The molecule has 30 heavy (non-hydrogen) atoms. The van der Waals surface area contributed by atoms with E-state index in [1.165, 1.54) is 16.8 Å². The number of halogens is 3. The van der Waals surface area contributed by atoms with Crippen molar-refractivity contribution in [2.24, 2.45) is 0 Å². The Balaban J connectivity index is 1.99. The van der Waals surface area contributed by atoms with Crippen LogP contribution in [0.25, 0.3) is 5.69 Å². The van der Waals surface area contributed by atoms with Crippen LogP contribution < -0.4 is 5.32 Å². The predicted octanol–water partition coefficient (Wildman–Crippen LogP) is 5.31. The first-order valence-electron chi connectivity index (χ1n) is 9.09. The molecule has 0 fully saturated rings. The Hall–Kier alpha value is -3.60. The van der Waals surface area contributed by atoms with Gasteiger partial charge in [-0.1, -0.05) is 26.8 Å². The van der Waals surface area contributed by atoms with Crippen molar-refractivity contribution in [3.63, 3.8) is 0 Å². The lowest BCUT2D eigenvalue weighted by Crippen LogP contribution is -2.16. The van der Waals surface area contributed by atoms with Gasteiger partial charge in [0.1, 0.15) is 5.82 Å². The van der Waals surface area contributed by atoms with E-state index in [0.717, 1.165) is 12.1 Å². The third-order valence-electron chi connectivity index (χ3n) is 4.41. The monoisotopic (exact) mass is 412 g/mol. The van der Waals surface area contributed by atoms with Crippen LogP contribution in [0.15, 0.2) is 54.6 Å². The van der Waals surface area contributed by atoms with E-state index in [2.05, 4.69) is 10.4 Å². The molecule has 0 radical (unpaired) electrons. The minimum absolute atomic E-state index is 0.116. The number of benzene rings is 2. The maximum atomic E-state index is 13.0. The van der Waals surface area contributed by atoms with E-state index in [4.69, 9.17) is 5.26 Å². The number of carbonyl (C=O) groups is 1. The number of anilines is 1. The fourth-order valence-electron chi connectivity index (χ4n) is 2.74. The molecule has 8 heteroatoms. The molecule has 0 saturated carbocycles. The normalized spacial score (nSPS) is 11.8. The van der Waals surface area contributed by atoms with Crippen molar-refractivity contribution in [2.75, 3.05) is 5.32 Å². The first kappa shape index (κ1) is 21.1. The molecule has 0 saturated heterocycles. The van der Waals surface area contributed by atoms with Gasteiger partial charge in [0.25, 0.3) is 5.91 Å². The summed E-state index contributed by atoms with van der Waals surface area (Å²) in [5.74, 6) is -0.372. The van der Waals surface area contributed by atoms with E-state index in [1.807, 2.05) is 26.8 Å². The van der Waals surface area contributed by atoms with Crippen LogP contribution in [0, 0.1) is 11.3 Å². The minimum Gasteiger partial charge on any atom is -0.306 e. The van der Waals surface area contributed by atoms with Gasteiger partial charge in [-0.3, -0.25) is 4.79 Å². The molecule has 3 aromatic rings. The quantitative estimate of drug-likeness (QED) is 0.634. The lowest BCUT2D eigenvalue weighted by Gasteiger charge is -2.14. The van der Waals surface area contributed by atoms with Gasteiger partial charge in [-0.15, -0.1) is 0 Å². The fourth-order valence-corrected chi connectivity index (χ4v) is 2.74. The largest absolute Gasteiger partial charge is 0.416 e. The molecule has 0 unspecified atom stereocenters. The van der Waals surface area contributed by atoms with Crippen LogP contribution in [0.3, 0.4) is 0 Å². The highest BCUT2D eigenvalue weighted by atomic mass is 19.4. The molecular formula is C22H19F3N4O. The third-order valence-corrected chi connectivity index (χ3v) is 4.41. The summed E-state index contributed by atoms with van der Waals surface area (Å²) in [5, 5.41) is 16.2. The van der Waals surface area contributed by atoms with Crippen molar-refractivity contribution in [1.29, 1.82) is 5.26 Å². The molecule has 1 aromatic heterocycles. The van der Waals surface area contributed by atoms with E-state index < -0.39 is 17.6 Å². The zero-order valence-corrected chi connectivity index (χ0v) is 16.6. The van der Waals surface area contributed by atoms with Crippen LogP contribution in [-0.2, 0) is 11.6 Å². The Morgan fingerprint density at radius 2 is 1.73 bits per heavy atom. The van der Waals surface area contributed by atoms with E-state index in [-0.39, 0.29) is 11.0 Å². The fraction of sp³-hybridized carbons (Fsp3) is 0.227. The summed E-state index contributed by atoms with van der Waals surface area (Å²) in [5.41, 5.74) is 0.417. The maximum Gasteiger partial charge on any atom is 0.416 e. The van der Waals surface area contributed by atoms with Gasteiger partial charge in [0.05, 0.1) is 28.6 Å². The number of nitrogens with one attached hydrogen (secondary N) is 1. The minimum atomic E-state index is -4.54. The Bertz CT molecular complexity index is 1120. The summed E-state index contributed by atoms with van der Waals surface area (Å²) < 4.78 is 40.4. The number of amides is 1. The molecule has 0 aliphatic carbocycles. The topological polar surface area (TPSA) is 70.7 Å². The molecular weight excluding hydrogens is 393 g/mol. The molecule has 0 spiro atoms. The van der Waals surface area contributed by atoms with Crippen LogP contribution in [0.1, 0.15) is 48.0 Å². The number of alkyl halides is 3. The van der Waals surface area contributed by atoms with Crippen molar-refractivity contribution >= 4 is 11.7 Å². The molecule has 154 valence electrons. The second-order valence-electron chi connectivity index (χ2n) is 7.77. The summed E-state index contributed by atoms with van der Waals surface area (Å²) >= 11 is 0. The second-order valence-corrected chi connectivity index (χ2v) is 7.77. The van der Waals surface area contributed by atoms with E-state index in [1.54, 1.807) is 30.3 Å². The van der Waals surface area contributed by atoms with Crippen LogP contribution >= 0.6 is 0 Å². The molecule has 3 rings (SSSR count). The molecule has 1 amide bonds. The Labute approximate surface area is 171 Å². The lowest BCUT2D eigenvalue weighted by atomic mass is 9.92. The van der Waals surface area contributed by atoms with E-state index in [0.29, 0.717) is 22.8 Å². The van der Waals surface area contributed by atoms with Gasteiger partial charge in [-0.2, -0.15) is 23.5 Å². The molecule has 5 nitrogen and oxygen atoms in total. The zero-order valence-electron chi connectivity index (χ0n) is 16.6. The van der Waals surface area contributed by atoms with Gasteiger partial charge < -0.3 is 5.32 Å². The highest BCUT2D eigenvalue weighted by Gasteiger charge is 2.31. The Morgan fingerprint density at radius 3 is 2.30 bits per heavy atom. The Morgan fingerprint density at radius 1 is 1.07 bits per heavy atom. The van der Waals surface area contributed by atoms with Crippen molar-refractivity contribution in [3.8, 4) is 11.8 Å². The standard InChI is InChI=1S/C22H19F3N4O/c1-21(2,3)18-12-19(29(28-18)17-9-7-14(13-26)8-10-17)27-20(30)15-5-4-6-16(11-15)22(23,24)25/h4-12H,1-3H3,(H,27,30). The van der Waals surface area contributed by atoms with Gasteiger partial charge >= 0.3 is 6.18 Å². The molecule has 1 N–H and O–H groups in total. The van der Waals surface area contributed by atoms with Crippen LogP contribution in [0.5, 0.6) is 0 Å². The average molecular weight is 412 g/mol.